The van der Waals surface area contributed by atoms with Gasteiger partial charge in [-0.2, -0.15) is 0 Å². The molecule has 1 aromatic rings. The van der Waals surface area contributed by atoms with Crippen molar-refractivity contribution in [2.75, 3.05) is 0 Å². The van der Waals surface area contributed by atoms with Crippen LogP contribution in [0, 0.1) is 0 Å². The molecule has 0 radical (unpaired) electrons. The maximum absolute atomic E-state index is 11.2. The third kappa shape index (κ3) is 2.21. The highest BCUT2D eigenvalue weighted by Crippen LogP contribution is 2.43. The van der Waals surface area contributed by atoms with E-state index in [9.17, 15) is 8.42 Å². The van der Waals surface area contributed by atoms with Gasteiger partial charge in [0.1, 0.15) is 0 Å². The molecule has 0 atom stereocenters. The summed E-state index contributed by atoms with van der Waals surface area (Å²) < 4.78 is 33.8. The van der Waals surface area contributed by atoms with Gasteiger partial charge in [-0.1, -0.05) is 13.8 Å². The van der Waals surface area contributed by atoms with Crippen LogP contribution in [0.2, 0.25) is 0 Å². The molecule has 1 aromatic carbocycles. The smallest absolute Gasteiger partial charge is 0.261 e. The van der Waals surface area contributed by atoms with Gasteiger partial charge in [0.2, 0.25) is 0 Å². The second kappa shape index (κ2) is 4.07. The molecule has 2 rings (SSSR count). The molecule has 0 saturated heterocycles. The minimum atomic E-state index is -3.74. The highest BCUT2D eigenvalue weighted by molar-refractivity contribution is 8.13. The summed E-state index contributed by atoms with van der Waals surface area (Å²) in [6.07, 6.45) is 1.36. The number of halogens is 1. The van der Waals surface area contributed by atoms with Crippen molar-refractivity contribution in [2.24, 2.45) is 0 Å². The normalized spacial score (nSPS) is 17.1. The van der Waals surface area contributed by atoms with Gasteiger partial charge in [-0.15, -0.1) is 0 Å². The number of benzene rings is 1. The van der Waals surface area contributed by atoms with E-state index in [-0.39, 0.29) is 4.90 Å². The number of hydrogen-bond donors (Lipinski definition) is 0. The van der Waals surface area contributed by atoms with Crippen molar-refractivity contribution in [3.05, 3.63) is 18.2 Å². The van der Waals surface area contributed by atoms with Crippen molar-refractivity contribution < 1.29 is 17.9 Å². The fourth-order valence-corrected chi connectivity index (χ4v) is 2.53. The molecule has 0 fully saturated rings. The van der Waals surface area contributed by atoms with Crippen LogP contribution in [-0.2, 0) is 9.05 Å². The van der Waals surface area contributed by atoms with E-state index < -0.39 is 14.8 Å². The van der Waals surface area contributed by atoms with Crippen LogP contribution in [0.15, 0.2) is 23.1 Å². The van der Waals surface area contributed by atoms with E-state index in [1.807, 2.05) is 13.8 Å². The summed E-state index contributed by atoms with van der Waals surface area (Å²) in [6.45, 7) is 3.91. The Morgan fingerprint density at radius 2 is 1.76 bits per heavy atom. The third-order valence-corrected chi connectivity index (χ3v) is 4.22. The lowest BCUT2D eigenvalue weighted by Gasteiger charge is -2.24. The Balaban J connectivity index is 2.41. The highest BCUT2D eigenvalue weighted by atomic mass is 35.7. The first-order chi connectivity index (χ1) is 7.90. The largest absolute Gasteiger partial charge is 0.448 e. The molecule has 0 N–H and O–H groups in total. The third-order valence-electron chi connectivity index (χ3n) is 2.87. The molecule has 0 saturated carbocycles. The van der Waals surface area contributed by atoms with E-state index >= 15 is 0 Å². The van der Waals surface area contributed by atoms with E-state index in [2.05, 4.69) is 0 Å². The summed E-state index contributed by atoms with van der Waals surface area (Å²) in [7, 11) is 1.54. The molecular formula is C11H13ClO4S. The Morgan fingerprint density at radius 1 is 1.18 bits per heavy atom. The number of fused-ring (bicyclic) bond motifs is 1. The fraction of sp³-hybridized carbons (Fsp3) is 0.455. The maximum atomic E-state index is 11.2. The van der Waals surface area contributed by atoms with Crippen LogP contribution in [-0.4, -0.2) is 14.2 Å². The first kappa shape index (κ1) is 12.5. The summed E-state index contributed by atoms with van der Waals surface area (Å²) in [5.74, 6) is 0.296. The van der Waals surface area contributed by atoms with Crippen molar-refractivity contribution in [3.8, 4) is 11.5 Å². The van der Waals surface area contributed by atoms with Gasteiger partial charge in [0.05, 0.1) is 4.90 Å². The molecule has 1 aliphatic rings. The van der Waals surface area contributed by atoms with Crippen molar-refractivity contribution in [2.45, 2.75) is 37.4 Å². The van der Waals surface area contributed by atoms with Crippen LogP contribution in [0.3, 0.4) is 0 Å². The summed E-state index contributed by atoms with van der Waals surface area (Å²) in [6, 6.07) is 4.37. The topological polar surface area (TPSA) is 52.6 Å². The average Bonchev–Trinajstić information content (AvgIpc) is 2.66. The lowest BCUT2D eigenvalue weighted by Crippen LogP contribution is -2.36. The first-order valence-electron chi connectivity index (χ1n) is 5.37. The summed E-state index contributed by atoms with van der Waals surface area (Å²) in [5.41, 5.74) is 0. The Morgan fingerprint density at radius 3 is 2.29 bits per heavy atom. The van der Waals surface area contributed by atoms with E-state index in [0.29, 0.717) is 24.3 Å². The lowest BCUT2D eigenvalue weighted by atomic mass is 10.1. The zero-order valence-electron chi connectivity index (χ0n) is 9.57. The van der Waals surface area contributed by atoms with Crippen LogP contribution in [0.4, 0.5) is 0 Å². The zero-order chi connectivity index (χ0) is 12.7. The molecule has 1 aliphatic heterocycles. The van der Waals surface area contributed by atoms with Gasteiger partial charge < -0.3 is 9.47 Å². The van der Waals surface area contributed by atoms with Crippen LogP contribution in [0.1, 0.15) is 26.7 Å². The predicted molar refractivity (Wildman–Crippen MR) is 64.0 cm³/mol. The van der Waals surface area contributed by atoms with Crippen molar-refractivity contribution in [1.82, 2.24) is 0 Å². The molecule has 0 aromatic heterocycles. The van der Waals surface area contributed by atoms with Gasteiger partial charge in [-0.05, 0) is 12.1 Å². The summed E-state index contributed by atoms with van der Waals surface area (Å²) in [4.78, 5) is 0.0181. The molecule has 6 heteroatoms. The molecule has 0 spiro atoms. The summed E-state index contributed by atoms with van der Waals surface area (Å²) in [5, 5.41) is 0. The molecule has 0 amide bonds. The minimum absolute atomic E-state index is 0.0181. The van der Waals surface area contributed by atoms with Gasteiger partial charge in [-0.3, -0.25) is 0 Å². The van der Waals surface area contributed by atoms with Crippen molar-refractivity contribution in [1.29, 1.82) is 0 Å². The SMILES string of the molecule is CCC1(CC)Oc2ccc(S(=O)(=O)Cl)cc2O1. The highest BCUT2D eigenvalue weighted by Gasteiger charge is 2.38. The molecule has 0 bridgehead atoms. The summed E-state index contributed by atoms with van der Waals surface area (Å²) >= 11 is 0. The van der Waals surface area contributed by atoms with Gasteiger partial charge in [0.15, 0.2) is 11.5 Å². The van der Waals surface area contributed by atoms with Gasteiger partial charge in [-0.25, -0.2) is 8.42 Å². The number of ether oxygens (including phenoxy) is 2. The average molecular weight is 277 g/mol. The second-order valence-corrected chi connectivity index (χ2v) is 6.43. The Hall–Kier alpha value is -0.940. The van der Waals surface area contributed by atoms with E-state index in [1.165, 1.54) is 12.1 Å². The predicted octanol–water partition coefficient (Wildman–Crippen LogP) is 2.90. The Bertz CT molecular complexity index is 534. The minimum Gasteiger partial charge on any atom is -0.448 e. The number of hydrogen-bond acceptors (Lipinski definition) is 4. The zero-order valence-corrected chi connectivity index (χ0v) is 11.1. The second-order valence-electron chi connectivity index (χ2n) is 3.87. The molecule has 0 aliphatic carbocycles. The fourth-order valence-electron chi connectivity index (χ4n) is 1.76. The van der Waals surface area contributed by atoms with E-state index in [1.54, 1.807) is 6.07 Å². The number of rotatable bonds is 3. The lowest BCUT2D eigenvalue weighted by molar-refractivity contribution is -0.0843. The van der Waals surface area contributed by atoms with E-state index in [4.69, 9.17) is 20.2 Å². The Labute approximate surface area is 105 Å². The van der Waals surface area contributed by atoms with Crippen LogP contribution >= 0.6 is 10.7 Å². The molecule has 1 heterocycles. The quantitative estimate of drug-likeness (QED) is 0.797. The maximum Gasteiger partial charge on any atom is 0.261 e. The Kier molecular flexibility index (Phi) is 2.99. The molecule has 0 unspecified atom stereocenters. The molecule has 4 nitrogen and oxygen atoms in total. The van der Waals surface area contributed by atoms with E-state index in [0.717, 1.165) is 0 Å². The van der Waals surface area contributed by atoms with Crippen molar-refractivity contribution in [3.63, 3.8) is 0 Å². The van der Waals surface area contributed by atoms with Crippen molar-refractivity contribution >= 4 is 19.7 Å². The monoisotopic (exact) mass is 276 g/mol. The van der Waals surface area contributed by atoms with Gasteiger partial charge in [0, 0.05) is 29.6 Å². The van der Waals surface area contributed by atoms with Crippen LogP contribution < -0.4 is 9.47 Å². The van der Waals surface area contributed by atoms with Gasteiger partial charge in [0.25, 0.3) is 14.8 Å². The standard InChI is InChI=1S/C11H13ClO4S/c1-3-11(4-2)15-9-6-5-8(17(12,13)14)7-10(9)16-11/h5-7H,3-4H2,1-2H3. The molecule has 94 valence electrons. The van der Waals surface area contributed by atoms with Crippen LogP contribution in [0.5, 0.6) is 11.5 Å². The molecule has 17 heavy (non-hydrogen) atoms. The van der Waals surface area contributed by atoms with Crippen LogP contribution in [0.25, 0.3) is 0 Å². The molecular weight excluding hydrogens is 264 g/mol. The first-order valence-corrected chi connectivity index (χ1v) is 7.68. The van der Waals surface area contributed by atoms with Gasteiger partial charge >= 0.3 is 0 Å².